The number of benzene rings is 2. The van der Waals surface area contributed by atoms with E-state index in [9.17, 15) is 4.79 Å². The Labute approximate surface area is 200 Å². The Morgan fingerprint density at radius 2 is 1.85 bits per heavy atom. The number of aryl methyl sites for hydroxylation is 1. The lowest BCUT2D eigenvalue weighted by atomic mass is 9.92. The van der Waals surface area contributed by atoms with E-state index in [1.54, 1.807) is 4.90 Å². The Morgan fingerprint density at radius 3 is 2.59 bits per heavy atom. The molecule has 0 unspecified atom stereocenters. The minimum atomic E-state index is -0.346. The van der Waals surface area contributed by atoms with Crippen LogP contribution in [0, 0.1) is 6.92 Å². The molecule has 7 heteroatoms. The lowest BCUT2D eigenvalue weighted by Gasteiger charge is -2.35. The summed E-state index contributed by atoms with van der Waals surface area (Å²) >= 11 is 0. The summed E-state index contributed by atoms with van der Waals surface area (Å²) in [6.07, 6.45) is 7.51. The fraction of sp³-hybridized carbons (Fsp3) is 0.407. The second-order valence-electron chi connectivity index (χ2n) is 9.27. The summed E-state index contributed by atoms with van der Waals surface area (Å²) < 4.78 is 13.7. The molecule has 178 valence electrons. The molecule has 5 rings (SSSR count). The largest absolute Gasteiger partial charge is 0.456 e. The van der Waals surface area contributed by atoms with Gasteiger partial charge in [-0.25, -0.2) is 4.79 Å². The van der Waals surface area contributed by atoms with Crippen molar-refractivity contribution in [3.8, 4) is 22.6 Å². The third-order valence-electron chi connectivity index (χ3n) is 6.96. The summed E-state index contributed by atoms with van der Waals surface area (Å²) in [6.45, 7) is 6.14. The van der Waals surface area contributed by atoms with E-state index in [-0.39, 0.29) is 12.1 Å². The Morgan fingerprint density at radius 1 is 1.09 bits per heavy atom. The number of hydrogen-bond donors (Lipinski definition) is 1. The van der Waals surface area contributed by atoms with Crippen LogP contribution in [0.4, 0.5) is 10.5 Å². The van der Waals surface area contributed by atoms with Crippen molar-refractivity contribution >= 4 is 11.8 Å². The molecule has 3 aromatic rings. The molecule has 1 amide bonds. The zero-order valence-corrected chi connectivity index (χ0v) is 20.1. The van der Waals surface area contributed by atoms with Crippen LogP contribution in [0.25, 0.3) is 11.1 Å². The molecule has 0 radical (unpaired) electrons. The van der Waals surface area contributed by atoms with Crippen LogP contribution < -0.4 is 15.0 Å². The fourth-order valence-corrected chi connectivity index (χ4v) is 5.00. The van der Waals surface area contributed by atoms with E-state index in [2.05, 4.69) is 30.0 Å². The molecule has 34 heavy (non-hydrogen) atoms. The average molecular weight is 461 g/mol. The molecule has 1 fully saturated rings. The molecule has 2 aromatic carbocycles. The highest BCUT2D eigenvalue weighted by Gasteiger charge is 2.32. The Balaban J connectivity index is 1.59. The van der Waals surface area contributed by atoms with Crippen LogP contribution in [0.15, 0.2) is 48.8 Å². The summed E-state index contributed by atoms with van der Waals surface area (Å²) in [6, 6.07) is 12.6. The predicted molar refractivity (Wildman–Crippen MR) is 133 cm³/mol. The number of aromatic nitrogens is 2. The molecule has 0 saturated carbocycles. The normalized spacial score (nSPS) is 18.4. The Bertz CT molecular complexity index is 1170. The molecule has 1 atom stereocenters. The molecular weight excluding hydrogens is 428 g/mol. The minimum absolute atomic E-state index is 0.0562. The van der Waals surface area contributed by atoms with Gasteiger partial charge < -0.3 is 14.8 Å². The summed E-state index contributed by atoms with van der Waals surface area (Å²) in [7, 11) is 1.43. The summed E-state index contributed by atoms with van der Waals surface area (Å²) in [5.41, 5.74) is 5.06. The molecule has 0 bridgehead atoms. The molecule has 1 aromatic heterocycles. The predicted octanol–water partition coefficient (Wildman–Crippen LogP) is 5.48. The molecule has 1 N–H and O–H groups in total. The lowest BCUT2D eigenvalue weighted by molar-refractivity contribution is 0.175. The third kappa shape index (κ3) is 4.28. The molecular formula is C27H32N4O3. The Kier molecular flexibility index (Phi) is 6.28. The van der Waals surface area contributed by atoms with Gasteiger partial charge in [-0.2, -0.15) is 5.10 Å². The van der Waals surface area contributed by atoms with Gasteiger partial charge in [-0.15, -0.1) is 0 Å². The molecule has 1 saturated heterocycles. The SMILES string of the molecule is COC(=O)N1c2ccc(-c3cnn(C4CCNCC4)c3)c(Oc3ccc(C)cc3)c2CC[C@@H]1C. The monoisotopic (exact) mass is 460 g/mol. The van der Waals surface area contributed by atoms with Gasteiger partial charge in [-0.05, 0) is 76.9 Å². The van der Waals surface area contributed by atoms with Crippen molar-refractivity contribution in [2.24, 2.45) is 0 Å². The number of anilines is 1. The van der Waals surface area contributed by atoms with E-state index < -0.39 is 0 Å². The molecule has 0 spiro atoms. The molecule has 0 aliphatic carbocycles. The van der Waals surface area contributed by atoms with Gasteiger partial charge in [-0.1, -0.05) is 17.7 Å². The van der Waals surface area contributed by atoms with Gasteiger partial charge in [0, 0.05) is 28.9 Å². The summed E-state index contributed by atoms with van der Waals surface area (Å²) in [5, 5.41) is 8.12. The number of carbonyl (C=O) groups excluding carboxylic acids is 1. The van der Waals surface area contributed by atoms with Gasteiger partial charge in [-0.3, -0.25) is 9.58 Å². The maximum atomic E-state index is 12.6. The topological polar surface area (TPSA) is 68.6 Å². The zero-order chi connectivity index (χ0) is 23.7. The number of piperidine rings is 1. The second kappa shape index (κ2) is 9.50. The quantitative estimate of drug-likeness (QED) is 0.558. The van der Waals surface area contributed by atoms with E-state index in [0.717, 1.165) is 72.6 Å². The van der Waals surface area contributed by atoms with Crippen molar-refractivity contribution in [1.29, 1.82) is 0 Å². The number of amides is 1. The van der Waals surface area contributed by atoms with Gasteiger partial charge in [0.25, 0.3) is 0 Å². The number of methoxy groups -OCH3 is 1. The molecule has 2 aliphatic rings. The lowest BCUT2D eigenvalue weighted by Crippen LogP contribution is -2.42. The smallest absolute Gasteiger partial charge is 0.414 e. The van der Waals surface area contributed by atoms with Crippen molar-refractivity contribution < 1.29 is 14.3 Å². The number of nitrogens with one attached hydrogen (secondary N) is 1. The van der Waals surface area contributed by atoms with Gasteiger partial charge >= 0.3 is 6.09 Å². The third-order valence-corrected chi connectivity index (χ3v) is 6.96. The highest BCUT2D eigenvalue weighted by Crippen LogP contribution is 2.45. The highest BCUT2D eigenvalue weighted by molar-refractivity contribution is 5.92. The van der Waals surface area contributed by atoms with E-state index in [1.165, 1.54) is 12.7 Å². The van der Waals surface area contributed by atoms with Gasteiger partial charge in [0.15, 0.2) is 0 Å². The van der Waals surface area contributed by atoms with Gasteiger partial charge in [0.2, 0.25) is 0 Å². The second-order valence-corrected chi connectivity index (χ2v) is 9.27. The Hall–Kier alpha value is -3.32. The van der Waals surface area contributed by atoms with Crippen LogP contribution in [-0.4, -0.2) is 42.1 Å². The number of hydrogen-bond acceptors (Lipinski definition) is 5. The molecule has 2 aliphatic heterocycles. The van der Waals surface area contributed by atoms with Crippen molar-refractivity contribution in [2.45, 2.75) is 51.6 Å². The van der Waals surface area contributed by atoms with E-state index in [1.807, 2.05) is 42.6 Å². The van der Waals surface area contributed by atoms with Crippen LogP contribution >= 0.6 is 0 Å². The summed E-state index contributed by atoms with van der Waals surface area (Å²) in [4.78, 5) is 14.4. The van der Waals surface area contributed by atoms with E-state index in [0.29, 0.717) is 6.04 Å². The maximum Gasteiger partial charge on any atom is 0.414 e. The molecule has 7 nitrogen and oxygen atoms in total. The number of nitrogens with zero attached hydrogens (tertiary/aromatic N) is 3. The number of carbonyl (C=O) groups is 1. The standard InChI is InChI=1S/C27H32N4O3/c1-18-4-7-22(8-5-18)34-26-23(20-16-29-30(17-20)21-12-14-28-15-13-21)10-11-25-24(26)9-6-19(2)31(25)27(32)33-3/h4-5,7-8,10-11,16-17,19,21,28H,6,9,12-15H2,1-3H3/t19-/m0/s1. The van der Waals surface area contributed by atoms with Crippen molar-refractivity contribution in [1.82, 2.24) is 15.1 Å². The van der Waals surface area contributed by atoms with Gasteiger partial charge in [0.1, 0.15) is 11.5 Å². The first-order chi connectivity index (χ1) is 16.5. The fourth-order valence-electron chi connectivity index (χ4n) is 5.00. The highest BCUT2D eigenvalue weighted by atomic mass is 16.5. The van der Waals surface area contributed by atoms with Crippen molar-refractivity contribution in [3.05, 3.63) is 59.9 Å². The van der Waals surface area contributed by atoms with Crippen LogP contribution in [0.2, 0.25) is 0 Å². The minimum Gasteiger partial charge on any atom is -0.456 e. The van der Waals surface area contributed by atoms with Crippen LogP contribution in [0.1, 0.15) is 43.4 Å². The number of rotatable bonds is 4. The maximum absolute atomic E-state index is 12.6. The zero-order valence-electron chi connectivity index (χ0n) is 20.1. The van der Waals surface area contributed by atoms with E-state index >= 15 is 0 Å². The first-order valence-electron chi connectivity index (χ1n) is 12.1. The van der Waals surface area contributed by atoms with Crippen molar-refractivity contribution in [3.63, 3.8) is 0 Å². The average Bonchev–Trinajstić information content (AvgIpc) is 3.35. The van der Waals surface area contributed by atoms with Crippen molar-refractivity contribution in [2.75, 3.05) is 25.1 Å². The van der Waals surface area contributed by atoms with Crippen LogP contribution in [0.3, 0.4) is 0 Å². The molecule has 3 heterocycles. The number of fused-ring (bicyclic) bond motifs is 1. The van der Waals surface area contributed by atoms with Crippen LogP contribution in [0.5, 0.6) is 11.5 Å². The number of ether oxygens (including phenoxy) is 2. The van der Waals surface area contributed by atoms with E-state index in [4.69, 9.17) is 14.6 Å². The van der Waals surface area contributed by atoms with Crippen LogP contribution in [-0.2, 0) is 11.2 Å². The van der Waals surface area contributed by atoms with Gasteiger partial charge in [0.05, 0.1) is 25.0 Å². The summed E-state index contributed by atoms with van der Waals surface area (Å²) in [5.74, 6) is 1.56. The first kappa shape index (κ1) is 22.5. The first-order valence-corrected chi connectivity index (χ1v) is 12.1.